The molecule has 0 spiro atoms. The van der Waals surface area contributed by atoms with Crippen molar-refractivity contribution in [2.45, 2.75) is 10.4 Å². The Morgan fingerprint density at radius 3 is 2.48 bits per heavy atom. The predicted molar refractivity (Wildman–Crippen MR) is 92.0 cm³/mol. The number of esters is 1. The highest BCUT2D eigenvalue weighted by Gasteiger charge is 2.29. The second-order valence-corrected chi connectivity index (χ2v) is 6.86. The zero-order chi connectivity index (χ0) is 18.2. The summed E-state index contributed by atoms with van der Waals surface area (Å²) in [5.74, 6) is -0.463. The van der Waals surface area contributed by atoms with Crippen molar-refractivity contribution < 1.29 is 22.7 Å². The Morgan fingerprint density at radius 2 is 1.88 bits per heavy atom. The molecule has 0 unspecified atom stereocenters. The van der Waals surface area contributed by atoms with Gasteiger partial charge in [0.05, 0.1) is 23.9 Å². The minimum absolute atomic E-state index is 0.0970. The third-order valence-electron chi connectivity index (χ3n) is 3.37. The van der Waals surface area contributed by atoms with Crippen molar-refractivity contribution in [1.29, 1.82) is 0 Å². The molecule has 0 bridgehead atoms. The summed E-state index contributed by atoms with van der Waals surface area (Å²) in [5, 5.41) is 5.03. The summed E-state index contributed by atoms with van der Waals surface area (Å²) < 4.78 is 44.0. The molecule has 0 N–H and O–H groups in total. The lowest BCUT2D eigenvalue weighted by molar-refractivity contribution is -0.0328. The zero-order valence-corrected chi connectivity index (χ0v) is 15.1. The molecule has 0 aliphatic rings. The van der Waals surface area contributed by atoms with Crippen LogP contribution in [0.4, 0.5) is 13.2 Å². The number of rotatable bonds is 3. The molecular weight excluding hydrogens is 421 g/mol. The summed E-state index contributed by atoms with van der Waals surface area (Å²) >= 11 is 3.17. The van der Waals surface area contributed by atoms with Crippen LogP contribution in [0, 0.1) is 0 Å². The summed E-state index contributed by atoms with van der Waals surface area (Å²) in [4.78, 5) is 11.7. The van der Waals surface area contributed by atoms with Crippen molar-refractivity contribution in [1.82, 2.24) is 9.78 Å². The summed E-state index contributed by atoms with van der Waals surface area (Å²) in [5.41, 5.74) is -2.64. The Morgan fingerprint density at radius 1 is 1.20 bits per heavy atom. The van der Waals surface area contributed by atoms with Crippen LogP contribution in [0.3, 0.4) is 0 Å². The number of benzene rings is 2. The van der Waals surface area contributed by atoms with E-state index >= 15 is 0 Å². The number of fused-ring (bicyclic) bond motifs is 1. The first-order chi connectivity index (χ1) is 11.8. The SMILES string of the molecule is COC(=O)c1ccc2c(c1)c(Br)nn2-c1ccc(SC(F)(F)F)cc1. The standard InChI is InChI=1S/C16H10BrF3N2O2S/c1-24-15(23)9-2-7-13-12(8-9)14(17)21-22(13)10-3-5-11(6-4-10)25-16(18,19)20/h2-8H,1H3. The van der Waals surface area contributed by atoms with Gasteiger partial charge >= 0.3 is 11.5 Å². The summed E-state index contributed by atoms with van der Waals surface area (Å²) in [7, 11) is 1.30. The minimum Gasteiger partial charge on any atom is -0.465 e. The maximum absolute atomic E-state index is 12.4. The van der Waals surface area contributed by atoms with E-state index < -0.39 is 11.5 Å². The average Bonchev–Trinajstić information content (AvgIpc) is 2.90. The van der Waals surface area contributed by atoms with Gasteiger partial charge in [-0.15, -0.1) is 0 Å². The maximum atomic E-state index is 12.4. The Kier molecular flexibility index (Phi) is 4.79. The van der Waals surface area contributed by atoms with E-state index in [9.17, 15) is 18.0 Å². The van der Waals surface area contributed by atoms with Gasteiger partial charge in [-0.3, -0.25) is 0 Å². The third kappa shape index (κ3) is 3.82. The summed E-state index contributed by atoms with van der Waals surface area (Å²) in [6.07, 6.45) is 0. The molecule has 25 heavy (non-hydrogen) atoms. The molecule has 0 saturated heterocycles. The van der Waals surface area contributed by atoms with Crippen LogP contribution < -0.4 is 0 Å². The van der Waals surface area contributed by atoms with Crippen LogP contribution in [0.1, 0.15) is 10.4 Å². The van der Waals surface area contributed by atoms with E-state index in [1.165, 1.54) is 19.2 Å². The van der Waals surface area contributed by atoms with Crippen LogP contribution >= 0.6 is 27.7 Å². The number of nitrogens with zero attached hydrogens (tertiary/aromatic N) is 2. The van der Waals surface area contributed by atoms with Gasteiger partial charge in [0.1, 0.15) is 4.60 Å². The highest BCUT2D eigenvalue weighted by Crippen LogP contribution is 2.37. The van der Waals surface area contributed by atoms with Gasteiger partial charge in [0, 0.05) is 10.3 Å². The largest absolute Gasteiger partial charge is 0.465 e. The lowest BCUT2D eigenvalue weighted by atomic mass is 10.1. The number of ether oxygens (including phenoxy) is 1. The van der Waals surface area contributed by atoms with Crippen molar-refractivity contribution in [2.24, 2.45) is 0 Å². The van der Waals surface area contributed by atoms with Gasteiger partial charge in [-0.2, -0.15) is 18.3 Å². The quantitative estimate of drug-likeness (QED) is 0.423. The molecule has 2 aromatic carbocycles. The fraction of sp³-hybridized carbons (Fsp3) is 0.125. The number of hydrogen-bond donors (Lipinski definition) is 0. The van der Waals surface area contributed by atoms with Gasteiger partial charge in [0.15, 0.2) is 0 Å². The fourth-order valence-corrected chi connectivity index (χ4v) is 3.33. The average molecular weight is 431 g/mol. The van der Waals surface area contributed by atoms with E-state index in [1.54, 1.807) is 35.0 Å². The van der Waals surface area contributed by atoms with Crippen molar-refractivity contribution in [3.05, 3.63) is 52.6 Å². The van der Waals surface area contributed by atoms with E-state index in [-0.39, 0.29) is 16.7 Å². The number of thioether (sulfide) groups is 1. The molecule has 1 heterocycles. The highest BCUT2D eigenvalue weighted by atomic mass is 79.9. The number of alkyl halides is 3. The van der Waals surface area contributed by atoms with Gasteiger partial charge < -0.3 is 4.74 Å². The molecule has 0 aliphatic carbocycles. The Hall–Kier alpha value is -2.00. The lowest BCUT2D eigenvalue weighted by Gasteiger charge is -2.07. The Bertz CT molecular complexity index is 939. The number of halogens is 4. The highest BCUT2D eigenvalue weighted by molar-refractivity contribution is 9.10. The van der Waals surface area contributed by atoms with E-state index in [1.807, 2.05) is 0 Å². The molecule has 0 amide bonds. The van der Waals surface area contributed by atoms with Crippen LogP contribution in [0.5, 0.6) is 0 Å². The molecule has 9 heteroatoms. The molecule has 0 aliphatic heterocycles. The van der Waals surface area contributed by atoms with Crippen LogP contribution in [-0.4, -0.2) is 28.4 Å². The van der Waals surface area contributed by atoms with Gasteiger partial charge in [0.25, 0.3) is 0 Å². The normalized spacial score (nSPS) is 11.7. The summed E-state index contributed by atoms with van der Waals surface area (Å²) in [6.45, 7) is 0. The van der Waals surface area contributed by atoms with E-state index in [0.29, 0.717) is 26.8 Å². The molecule has 0 radical (unpaired) electrons. The first-order valence-electron chi connectivity index (χ1n) is 6.91. The first-order valence-corrected chi connectivity index (χ1v) is 8.52. The molecule has 4 nitrogen and oxygen atoms in total. The predicted octanol–water partition coefficient (Wildman–Crippen LogP) is 5.19. The molecule has 3 rings (SSSR count). The summed E-state index contributed by atoms with van der Waals surface area (Å²) in [6, 6.07) is 10.8. The van der Waals surface area contributed by atoms with Gasteiger partial charge in [-0.25, -0.2) is 9.48 Å². The number of methoxy groups -OCH3 is 1. The maximum Gasteiger partial charge on any atom is 0.446 e. The number of hydrogen-bond acceptors (Lipinski definition) is 4. The second kappa shape index (κ2) is 6.72. The van der Waals surface area contributed by atoms with Crippen molar-refractivity contribution in [2.75, 3.05) is 7.11 Å². The van der Waals surface area contributed by atoms with Crippen LogP contribution in [0.2, 0.25) is 0 Å². The number of carbonyl (C=O) groups is 1. The smallest absolute Gasteiger partial charge is 0.446 e. The molecular formula is C16H10BrF3N2O2S. The van der Waals surface area contributed by atoms with Gasteiger partial charge in [0.2, 0.25) is 0 Å². The topological polar surface area (TPSA) is 44.1 Å². The van der Waals surface area contributed by atoms with Crippen molar-refractivity contribution >= 4 is 44.6 Å². The van der Waals surface area contributed by atoms with Crippen LogP contribution in [0.25, 0.3) is 16.6 Å². The molecule has 0 fully saturated rings. The molecule has 1 aromatic heterocycles. The van der Waals surface area contributed by atoms with Crippen LogP contribution in [0.15, 0.2) is 52.0 Å². The number of carbonyl (C=O) groups excluding carboxylic acids is 1. The van der Waals surface area contributed by atoms with Crippen molar-refractivity contribution in [3.63, 3.8) is 0 Å². The minimum atomic E-state index is -4.33. The van der Waals surface area contributed by atoms with Gasteiger partial charge in [-0.1, -0.05) is 0 Å². The molecule has 0 atom stereocenters. The molecule has 130 valence electrons. The Balaban J connectivity index is 2.00. The monoisotopic (exact) mass is 430 g/mol. The second-order valence-electron chi connectivity index (χ2n) is 4.97. The third-order valence-corrected chi connectivity index (χ3v) is 4.70. The Labute approximate surface area is 153 Å². The fourth-order valence-electron chi connectivity index (χ4n) is 2.31. The first kappa shape index (κ1) is 17.8. The van der Waals surface area contributed by atoms with Crippen molar-refractivity contribution in [3.8, 4) is 5.69 Å². The van der Waals surface area contributed by atoms with Gasteiger partial charge in [-0.05, 0) is 70.2 Å². The molecule has 0 saturated carbocycles. The van der Waals surface area contributed by atoms with Crippen LogP contribution in [-0.2, 0) is 4.74 Å². The zero-order valence-electron chi connectivity index (χ0n) is 12.7. The lowest BCUT2D eigenvalue weighted by Crippen LogP contribution is -2.01. The molecule has 3 aromatic rings. The van der Waals surface area contributed by atoms with E-state index in [2.05, 4.69) is 21.0 Å². The number of aromatic nitrogens is 2. The van der Waals surface area contributed by atoms with E-state index in [4.69, 9.17) is 4.74 Å². The van der Waals surface area contributed by atoms with E-state index in [0.717, 1.165) is 0 Å².